The van der Waals surface area contributed by atoms with E-state index in [-0.39, 0.29) is 18.5 Å². The van der Waals surface area contributed by atoms with Crippen LogP contribution in [0.5, 0.6) is 0 Å². The Morgan fingerprint density at radius 3 is 2.71 bits per heavy atom. The molecule has 0 bridgehead atoms. The normalized spacial score (nSPS) is 13.4. The first kappa shape index (κ1) is 15.4. The molecule has 0 aliphatic carbocycles. The van der Waals surface area contributed by atoms with Gasteiger partial charge in [-0.25, -0.2) is 4.79 Å². The Morgan fingerprint density at radius 2 is 2.05 bits per heavy atom. The molecular formula is C16H22N2O3. The Morgan fingerprint density at radius 1 is 1.33 bits per heavy atom. The number of anilines is 1. The van der Waals surface area contributed by atoms with E-state index in [1.54, 1.807) is 9.80 Å². The lowest BCUT2D eigenvalue weighted by molar-refractivity contribution is -0.137. The summed E-state index contributed by atoms with van der Waals surface area (Å²) >= 11 is 0. The maximum Gasteiger partial charge on any atom is 0.324 e. The van der Waals surface area contributed by atoms with Gasteiger partial charge in [0.1, 0.15) is 0 Å². The first-order valence-electron chi connectivity index (χ1n) is 7.38. The third-order valence-electron chi connectivity index (χ3n) is 3.78. The van der Waals surface area contributed by atoms with Crippen molar-refractivity contribution < 1.29 is 14.7 Å². The summed E-state index contributed by atoms with van der Waals surface area (Å²) < 4.78 is 0. The van der Waals surface area contributed by atoms with E-state index in [4.69, 9.17) is 5.11 Å². The van der Waals surface area contributed by atoms with Crippen molar-refractivity contribution in [2.75, 3.05) is 18.0 Å². The Labute approximate surface area is 125 Å². The number of nitrogens with zero attached hydrogens (tertiary/aromatic N) is 2. The van der Waals surface area contributed by atoms with Crippen molar-refractivity contribution in [3.63, 3.8) is 0 Å². The molecule has 21 heavy (non-hydrogen) atoms. The molecular weight excluding hydrogens is 268 g/mol. The summed E-state index contributed by atoms with van der Waals surface area (Å²) in [7, 11) is 0. The number of amides is 2. The Bertz CT molecular complexity index is 528. The molecule has 0 spiro atoms. The van der Waals surface area contributed by atoms with E-state index in [9.17, 15) is 9.59 Å². The summed E-state index contributed by atoms with van der Waals surface area (Å²) in [5, 5.41) is 8.73. The summed E-state index contributed by atoms with van der Waals surface area (Å²) in [5.74, 6) is -0.822. The minimum atomic E-state index is -0.822. The van der Waals surface area contributed by atoms with Crippen LogP contribution >= 0.6 is 0 Å². The fourth-order valence-electron chi connectivity index (χ4n) is 2.67. The van der Waals surface area contributed by atoms with Gasteiger partial charge in [-0.3, -0.25) is 9.69 Å². The highest BCUT2D eigenvalue weighted by atomic mass is 16.4. The molecule has 0 unspecified atom stereocenters. The number of aliphatic carboxylic acids is 1. The fraction of sp³-hybridized carbons (Fsp3) is 0.500. The van der Waals surface area contributed by atoms with Crippen LogP contribution in [0.1, 0.15) is 32.3 Å². The molecule has 2 rings (SSSR count). The highest BCUT2D eigenvalue weighted by Crippen LogP contribution is 2.28. The van der Waals surface area contributed by atoms with Crippen LogP contribution in [-0.2, 0) is 11.2 Å². The van der Waals surface area contributed by atoms with Crippen molar-refractivity contribution in [1.82, 2.24) is 4.90 Å². The van der Waals surface area contributed by atoms with Crippen LogP contribution in [0.15, 0.2) is 24.3 Å². The average molecular weight is 290 g/mol. The number of carbonyl (C=O) groups is 2. The zero-order chi connectivity index (χ0) is 15.4. The second kappa shape index (κ2) is 6.61. The van der Waals surface area contributed by atoms with Gasteiger partial charge < -0.3 is 10.0 Å². The van der Waals surface area contributed by atoms with Crippen LogP contribution < -0.4 is 4.90 Å². The number of hydrogen-bond donors (Lipinski definition) is 1. The van der Waals surface area contributed by atoms with Crippen molar-refractivity contribution in [2.45, 2.75) is 39.2 Å². The molecule has 114 valence electrons. The lowest BCUT2D eigenvalue weighted by Gasteiger charge is -2.31. The van der Waals surface area contributed by atoms with E-state index in [2.05, 4.69) is 0 Å². The Kier molecular flexibility index (Phi) is 4.83. The molecule has 0 atom stereocenters. The first-order chi connectivity index (χ1) is 10.0. The zero-order valence-electron chi connectivity index (χ0n) is 12.6. The molecule has 1 N–H and O–H groups in total. The quantitative estimate of drug-likeness (QED) is 0.907. The molecule has 5 nitrogen and oxygen atoms in total. The number of urea groups is 1. The van der Waals surface area contributed by atoms with E-state index in [0.29, 0.717) is 19.5 Å². The second-order valence-electron chi connectivity index (χ2n) is 5.60. The Hall–Kier alpha value is -2.04. The van der Waals surface area contributed by atoms with Gasteiger partial charge in [0.25, 0.3) is 0 Å². The molecule has 0 fully saturated rings. The van der Waals surface area contributed by atoms with Crippen LogP contribution in [0.25, 0.3) is 0 Å². The van der Waals surface area contributed by atoms with Crippen molar-refractivity contribution in [3.05, 3.63) is 29.8 Å². The molecule has 0 saturated carbocycles. The van der Waals surface area contributed by atoms with Crippen molar-refractivity contribution >= 4 is 17.7 Å². The van der Waals surface area contributed by atoms with Crippen molar-refractivity contribution in [2.24, 2.45) is 0 Å². The fourth-order valence-corrected chi connectivity index (χ4v) is 2.67. The van der Waals surface area contributed by atoms with Crippen LogP contribution in [0.3, 0.4) is 0 Å². The average Bonchev–Trinajstić information content (AvgIpc) is 2.86. The van der Waals surface area contributed by atoms with Gasteiger partial charge in [0.05, 0.1) is 0 Å². The smallest absolute Gasteiger partial charge is 0.324 e. The maximum absolute atomic E-state index is 12.7. The third kappa shape index (κ3) is 3.54. The van der Waals surface area contributed by atoms with Crippen LogP contribution in [-0.4, -0.2) is 41.1 Å². The third-order valence-corrected chi connectivity index (χ3v) is 3.78. The molecule has 0 aromatic heterocycles. The second-order valence-corrected chi connectivity index (χ2v) is 5.60. The topological polar surface area (TPSA) is 60.9 Å². The van der Waals surface area contributed by atoms with Gasteiger partial charge in [-0.1, -0.05) is 18.2 Å². The van der Waals surface area contributed by atoms with Gasteiger partial charge in [0, 0.05) is 31.2 Å². The van der Waals surface area contributed by atoms with Crippen LogP contribution in [0.4, 0.5) is 10.5 Å². The number of benzene rings is 1. The van der Waals surface area contributed by atoms with E-state index in [1.807, 2.05) is 38.1 Å². The maximum atomic E-state index is 12.7. The monoisotopic (exact) mass is 290 g/mol. The van der Waals surface area contributed by atoms with Crippen LogP contribution in [0.2, 0.25) is 0 Å². The predicted molar refractivity (Wildman–Crippen MR) is 81.6 cm³/mol. The summed E-state index contributed by atoms with van der Waals surface area (Å²) in [6, 6.07) is 7.97. The molecule has 1 heterocycles. The summed E-state index contributed by atoms with van der Waals surface area (Å²) in [6.07, 6.45) is 1.45. The van der Waals surface area contributed by atoms with Gasteiger partial charge >= 0.3 is 12.0 Å². The van der Waals surface area contributed by atoms with E-state index >= 15 is 0 Å². The highest BCUT2D eigenvalue weighted by Gasteiger charge is 2.29. The minimum Gasteiger partial charge on any atom is -0.481 e. The summed E-state index contributed by atoms with van der Waals surface area (Å²) in [6.45, 7) is 5.09. The number of carboxylic acid groups (broad SMARTS) is 1. The van der Waals surface area contributed by atoms with Crippen molar-refractivity contribution in [1.29, 1.82) is 0 Å². The van der Waals surface area contributed by atoms with E-state index < -0.39 is 5.97 Å². The lowest BCUT2D eigenvalue weighted by atomic mass is 10.2. The Balaban J connectivity index is 2.07. The molecule has 1 aromatic carbocycles. The highest BCUT2D eigenvalue weighted by molar-refractivity contribution is 5.94. The number of carboxylic acids is 1. The number of fused-ring (bicyclic) bond motifs is 1. The standard InChI is InChI=1S/C16H22N2O3/c1-12(2)17(10-5-8-15(19)20)16(21)18-11-9-13-6-3-4-7-14(13)18/h3-4,6-7,12H,5,8-11H2,1-2H3,(H,19,20). The van der Waals surface area contributed by atoms with Gasteiger partial charge in [-0.15, -0.1) is 0 Å². The number of rotatable bonds is 5. The summed E-state index contributed by atoms with van der Waals surface area (Å²) in [5.41, 5.74) is 2.17. The predicted octanol–water partition coefficient (Wildman–Crippen LogP) is 2.74. The molecule has 2 amide bonds. The van der Waals surface area contributed by atoms with Crippen molar-refractivity contribution in [3.8, 4) is 0 Å². The minimum absolute atomic E-state index is 0.0275. The van der Waals surface area contributed by atoms with Gasteiger partial charge in [-0.05, 0) is 38.3 Å². The molecule has 1 aromatic rings. The largest absolute Gasteiger partial charge is 0.481 e. The number of carbonyl (C=O) groups excluding carboxylic acids is 1. The zero-order valence-corrected chi connectivity index (χ0v) is 12.6. The molecule has 0 saturated heterocycles. The van der Waals surface area contributed by atoms with Crippen LogP contribution in [0, 0.1) is 0 Å². The van der Waals surface area contributed by atoms with Gasteiger partial charge in [0.2, 0.25) is 0 Å². The number of hydrogen-bond acceptors (Lipinski definition) is 2. The molecule has 5 heteroatoms. The molecule has 0 radical (unpaired) electrons. The molecule has 1 aliphatic heterocycles. The van der Waals surface area contributed by atoms with Gasteiger partial charge in [0.15, 0.2) is 0 Å². The molecule has 1 aliphatic rings. The van der Waals surface area contributed by atoms with E-state index in [0.717, 1.165) is 12.1 Å². The van der Waals surface area contributed by atoms with E-state index in [1.165, 1.54) is 5.56 Å². The number of para-hydroxylation sites is 1. The first-order valence-corrected chi connectivity index (χ1v) is 7.38. The lowest BCUT2D eigenvalue weighted by Crippen LogP contribution is -2.46. The summed E-state index contributed by atoms with van der Waals surface area (Å²) in [4.78, 5) is 26.9. The SMILES string of the molecule is CC(C)N(CCCC(=O)O)C(=O)N1CCc2ccccc21. The van der Waals surface area contributed by atoms with Gasteiger partial charge in [-0.2, -0.15) is 0 Å².